The number of nitrogens with one attached hydrogen (secondary N) is 1. The first kappa shape index (κ1) is 21.4. The molecule has 172 valence electrons. The molecule has 1 aromatic heterocycles. The van der Waals surface area contributed by atoms with E-state index in [-0.39, 0.29) is 24.3 Å². The molecule has 2 aliphatic rings. The molecule has 0 aliphatic carbocycles. The van der Waals surface area contributed by atoms with Gasteiger partial charge in [0.2, 0.25) is 5.91 Å². The third-order valence-electron chi connectivity index (χ3n) is 6.97. The highest BCUT2D eigenvalue weighted by Gasteiger charge is 2.55. The Bertz CT molecular complexity index is 1250. The SMILES string of the molecule is CCCOc1ccc(C2CN3C(=O)CN(C)C(=O)[C@]3(C)c3[nH]c4ccccc4c32)cc1OC. The van der Waals surface area contributed by atoms with Crippen LogP contribution in [0, 0.1) is 0 Å². The molecule has 1 unspecified atom stereocenters. The second-order valence-corrected chi connectivity index (χ2v) is 9.01. The number of H-pyrrole nitrogens is 1. The summed E-state index contributed by atoms with van der Waals surface area (Å²) in [5.41, 5.74) is 2.76. The molecule has 2 aromatic carbocycles. The van der Waals surface area contributed by atoms with Gasteiger partial charge in [-0.25, -0.2) is 0 Å². The number of ether oxygens (including phenoxy) is 2. The van der Waals surface area contributed by atoms with E-state index in [4.69, 9.17) is 9.47 Å². The maximum absolute atomic E-state index is 13.4. The smallest absolute Gasteiger partial charge is 0.254 e. The maximum Gasteiger partial charge on any atom is 0.254 e. The number of carbonyl (C=O) groups excluding carboxylic acids is 2. The molecule has 2 aliphatic heterocycles. The van der Waals surface area contributed by atoms with E-state index in [1.807, 2.05) is 43.3 Å². The molecule has 3 aromatic rings. The molecule has 2 atom stereocenters. The summed E-state index contributed by atoms with van der Waals surface area (Å²) in [5.74, 6) is 1.13. The van der Waals surface area contributed by atoms with Crippen molar-refractivity contribution in [3.05, 3.63) is 59.3 Å². The van der Waals surface area contributed by atoms with E-state index >= 15 is 0 Å². The van der Waals surface area contributed by atoms with Gasteiger partial charge in [-0.2, -0.15) is 0 Å². The number of aromatic amines is 1. The summed E-state index contributed by atoms with van der Waals surface area (Å²) in [5, 5.41) is 1.07. The summed E-state index contributed by atoms with van der Waals surface area (Å²) in [7, 11) is 3.33. The molecule has 7 nitrogen and oxygen atoms in total. The number of aromatic nitrogens is 1. The first-order chi connectivity index (χ1) is 15.9. The van der Waals surface area contributed by atoms with Crippen molar-refractivity contribution in [3.63, 3.8) is 0 Å². The van der Waals surface area contributed by atoms with Gasteiger partial charge < -0.3 is 24.3 Å². The van der Waals surface area contributed by atoms with Gasteiger partial charge in [-0.15, -0.1) is 0 Å². The number of methoxy groups -OCH3 is 1. The molecule has 0 radical (unpaired) electrons. The van der Waals surface area contributed by atoms with Gasteiger partial charge in [0.05, 0.1) is 26.0 Å². The van der Waals surface area contributed by atoms with Crippen LogP contribution in [0.1, 0.15) is 43.0 Å². The summed E-state index contributed by atoms with van der Waals surface area (Å²) in [6, 6.07) is 14.0. The normalized spacial score (nSPS) is 22.4. The summed E-state index contributed by atoms with van der Waals surface area (Å²) >= 11 is 0. The zero-order chi connectivity index (χ0) is 23.3. The molecule has 3 heterocycles. The number of fused-ring (bicyclic) bond motifs is 5. The molecule has 1 N–H and O–H groups in total. The number of hydrogen-bond acceptors (Lipinski definition) is 4. The Balaban J connectivity index is 1.71. The molecule has 33 heavy (non-hydrogen) atoms. The summed E-state index contributed by atoms with van der Waals surface area (Å²) in [4.78, 5) is 33.4. The lowest BCUT2D eigenvalue weighted by Gasteiger charge is -2.50. The number of para-hydroxylation sites is 1. The lowest BCUT2D eigenvalue weighted by molar-refractivity contribution is -0.164. The molecule has 0 saturated carbocycles. The van der Waals surface area contributed by atoms with E-state index in [0.29, 0.717) is 24.7 Å². The number of hydrogen-bond donors (Lipinski definition) is 1. The van der Waals surface area contributed by atoms with Gasteiger partial charge in [-0.3, -0.25) is 9.59 Å². The predicted octanol–water partition coefficient (Wildman–Crippen LogP) is 3.63. The van der Waals surface area contributed by atoms with Crippen molar-refractivity contribution in [2.75, 3.05) is 33.9 Å². The standard InChI is InChI=1S/C26H29N3O4/c1-5-12-33-20-11-10-16(13-21(20)32-4)18-14-29-22(30)15-28(3)25(31)26(29,2)24-23(18)17-8-6-7-9-19(17)27-24/h6-11,13,18,27H,5,12,14-15H2,1-4H3/t18?,26-/m0/s1. The Labute approximate surface area is 193 Å². The average Bonchev–Trinajstić information content (AvgIpc) is 3.22. The summed E-state index contributed by atoms with van der Waals surface area (Å²) < 4.78 is 11.5. The third kappa shape index (κ3) is 3.09. The fourth-order valence-electron chi connectivity index (χ4n) is 5.31. The van der Waals surface area contributed by atoms with Crippen LogP contribution in [0.4, 0.5) is 0 Å². The van der Waals surface area contributed by atoms with Crippen LogP contribution in [-0.2, 0) is 15.1 Å². The highest BCUT2D eigenvalue weighted by molar-refractivity contribution is 6.01. The summed E-state index contributed by atoms with van der Waals surface area (Å²) in [6.07, 6.45) is 0.907. The van der Waals surface area contributed by atoms with Crippen molar-refractivity contribution >= 4 is 22.7 Å². The quantitative estimate of drug-likeness (QED) is 0.648. The van der Waals surface area contributed by atoms with Gasteiger partial charge in [0.1, 0.15) is 0 Å². The number of amides is 2. The molecule has 5 rings (SSSR count). The zero-order valence-corrected chi connectivity index (χ0v) is 19.5. The minimum atomic E-state index is -1.07. The maximum atomic E-state index is 13.4. The minimum Gasteiger partial charge on any atom is -0.493 e. The topological polar surface area (TPSA) is 74.9 Å². The second-order valence-electron chi connectivity index (χ2n) is 9.01. The fraction of sp³-hybridized carbons (Fsp3) is 0.385. The number of piperazine rings is 1. The first-order valence-electron chi connectivity index (χ1n) is 11.4. The number of benzene rings is 2. The lowest BCUT2D eigenvalue weighted by atomic mass is 9.76. The average molecular weight is 448 g/mol. The van der Waals surface area contributed by atoms with Crippen LogP contribution >= 0.6 is 0 Å². The van der Waals surface area contributed by atoms with E-state index in [2.05, 4.69) is 18.0 Å². The largest absolute Gasteiger partial charge is 0.493 e. The molecule has 0 spiro atoms. The Morgan fingerprint density at radius 3 is 2.70 bits per heavy atom. The van der Waals surface area contributed by atoms with E-state index in [0.717, 1.165) is 34.1 Å². The van der Waals surface area contributed by atoms with Crippen LogP contribution in [0.15, 0.2) is 42.5 Å². The third-order valence-corrected chi connectivity index (χ3v) is 6.97. The fourth-order valence-corrected chi connectivity index (χ4v) is 5.31. The van der Waals surface area contributed by atoms with Crippen molar-refractivity contribution < 1.29 is 19.1 Å². The van der Waals surface area contributed by atoms with Crippen LogP contribution in [0.5, 0.6) is 11.5 Å². The van der Waals surface area contributed by atoms with E-state index < -0.39 is 5.54 Å². The van der Waals surface area contributed by atoms with E-state index in [1.165, 1.54) is 4.90 Å². The van der Waals surface area contributed by atoms with E-state index in [9.17, 15) is 9.59 Å². The van der Waals surface area contributed by atoms with Crippen LogP contribution in [0.25, 0.3) is 10.9 Å². The second kappa shape index (κ2) is 7.83. The number of likely N-dealkylation sites (N-methyl/N-ethyl adjacent to an activating group) is 1. The molecule has 7 heteroatoms. The highest BCUT2D eigenvalue weighted by atomic mass is 16.5. The van der Waals surface area contributed by atoms with Gasteiger partial charge in [-0.05, 0) is 42.7 Å². The molecular formula is C26H29N3O4. The van der Waals surface area contributed by atoms with Crippen molar-refractivity contribution in [1.82, 2.24) is 14.8 Å². The number of nitrogens with zero attached hydrogens (tertiary/aromatic N) is 2. The van der Waals surface area contributed by atoms with Crippen LogP contribution in [0.3, 0.4) is 0 Å². The molecule has 2 amide bonds. The summed E-state index contributed by atoms with van der Waals surface area (Å²) in [6.45, 7) is 5.04. The van der Waals surface area contributed by atoms with Crippen molar-refractivity contribution in [2.24, 2.45) is 0 Å². The molecule has 1 fully saturated rings. The highest BCUT2D eigenvalue weighted by Crippen LogP contribution is 2.48. The first-order valence-corrected chi connectivity index (χ1v) is 11.4. The minimum absolute atomic E-state index is 0.0521. The Morgan fingerprint density at radius 2 is 1.94 bits per heavy atom. The Kier molecular flexibility index (Phi) is 5.07. The van der Waals surface area contributed by atoms with Gasteiger partial charge in [0.15, 0.2) is 17.0 Å². The Hall–Kier alpha value is -3.48. The monoisotopic (exact) mass is 447 g/mol. The van der Waals surface area contributed by atoms with Crippen molar-refractivity contribution in [2.45, 2.75) is 31.7 Å². The number of rotatable bonds is 5. The van der Waals surface area contributed by atoms with Gasteiger partial charge in [0.25, 0.3) is 5.91 Å². The van der Waals surface area contributed by atoms with Crippen molar-refractivity contribution in [3.8, 4) is 11.5 Å². The van der Waals surface area contributed by atoms with E-state index in [1.54, 1.807) is 19.1 Å². The lowest BCUT2D eigenvalue weighted by Crippen LogP contribution is -2.66. The predicted molar refractivity (Wildman–Crippen MR) is 126 cm³/mol. The van der Waals surface area contributed by atoms with Gasteiger partial charge >= 0.3 is 0 Å². The van der Waals surface area contributed by atoms with Crippen LogP contribution in [0.2, 0.25) is 0 Å². The van der Waals surface area contributed by atoms with Crippen LogP contribution in [-0.4, -0.2) is 60.5 Å². The molecule has 1 saturated heterocycles. The van der Waals surface area contributed by atoms with Gasteiger partial charge in [-0.1, -0.05) is 31.2 Å². The molecule has 0 bridgehead atoms. The Morgan fingerprint density at radius 1 is 1.15 bits per heavy atom. The van der Waals surface area contributed by atoms with Gasteiger partial charge in [0, 0.05) is 30.4 Å². The van der Waals surface area contributed by atoms with Crippen molar-refractivity contribution in [1.29, 1.82) is 0 Å². The van der Waals surface area contributed by atoms with Crippen LogP contribution < -0.4 is 9.47 Å². The molecular weight excluding hydrogens is 418 g/mol. The zero-order valence-electron chi connectivity index (χ0n) is 19.5. The number of carbonyl (C=O) groups is 2.